The lowest BCUT2D eigenvalue weighted by molar-refractivity contribution is 0.290. The van der Waals surface area contributed by atoms with E-state index in [4.69, 9.17) is 5.73 Å². The number of benzene rings is 1. The van der Waals surface area contributed by atoms with Crippen molar-refractivity contribution in [1.29, 1.82) is 0 Å². The zero-order chi connectivity index (χ0) is 15.7. The van der Waals surface area contributed by atoms with Crippen molar-refractivity contribution in [3.63, 3.8) is 0 Å². The molecule has 2 nitrogen and oxygen atoms in total. The van der Waals surface area contributed by atoms with Crippen molar-refractivity contribution in [1.82, 2.24) is 5.32 Å². The van der Waals surface area contributed by atoms with Crippen molar-refractivity contribution in [3.8, 4) is 0 Å². The Morgan fingerprint density at radius 1 is 1.14 bits per heavy atom. The van der Waals surface area contributed by atoms with E-state index in [1.807, 2.05) is 6.07 Å². The van der Waals surface area contributed by atoms with Gasteiger partial charge in [0.15, 0.2) is 0 Å². The van der Waals surface area contributed by atoms with Gasteiger partial charge in [-0.15, -0.1) is 0 Å². The summed E-state index contributed by atoms with van der Waals surface area (Å²) in [7, 11) is 0. The number of hydrogen-bond donors (Lipinski definition) is 2. The predicted octanol–water partition coefficient (Wildman–Crippen LogP) is 4.52. The lowest BCUT2D eigenvalue weighted by Crippen LogP contribution is -2.35. The molecule has 2 unspecified atom stereocenters. The van der Waals surface area contributed by atoms with Crippen molar-refractivity contribution >= 4 is 0 Å². The molecule has 0 saturated carbocycles. The molecule has 1 aromatic rings. The first kappa shape index (κ1) is 18.2. The molecular formula is C19H34N2. The van der Waals surface area contributed by atoms with Gasteiger partial charge in [-0.3, -0.25) is 0 Å². The Hall–Kier alpha value is -0.860. The maximum atomic E-state index is 6.35. The molecule has 0 aliphatic heterocycles. The van der Waals surface area contributed by atoms with Gasteiger partial charge in [0.25, 0.3) is 0 Å². The van der Waals surface area contributed by atoms with Crippen LogP contribution in [0.15, 0.2) is 30.3 Å². The Labute approximate surface area is 131 Å². The first-order valence-electron chi connectivity index (χ1n) is 8.47. The summed E-state index contributed by atoms with van der Waals surface area (Å²) in [5.41, 5.74) is 7.96. The lowest BCUT2D eigenvalue weighted by Gasteiger charge is -2.27. The summed E-state index contributed by atoms with van der Waals surface area (Å²) in [6, 6.07) is 10.5. The molecule has 1 aromatic carbocycles. The second-order valence-corrected chi connectivity index (χ2v) is 7.17. The maximum absolute atomic E-state index is 6.35. The van der Waals surface area contributed by atoms with Crippen molar-refractivity contribution in [2.75, 3.05) is 13.1 Å². The van der Waals surface area contributed by atoms with Crippen LogP contribution in [0.1, 0.15) is 65.0 Å². The lowest BCUT2D eigenvalue weighted by atomic mass is 9.86. The first-order valence-corrected chi connectivity index (χ1v) is 8.47. The normalized spacial score (nSPS) is 14.9. The van der Waals surface area contributed by atoms with Gasteiger partial charge in [0.05, 0.1) is 0 Å². The summed E-state index contributed by atoms with van der Waals surface area (Å²) in [6.45, 7) is 11.3. The smallest absolute Gasteiger partial charge is 0.0333 e. The van der Waals surface area contributed by atoms with Crippen LogP contribution in [0.4, 0.5) is 0 Å². The maximum Gasteiger partial charge on any atom is 0.0333 e. The van der Waals surface area contributed by atoms with Crippen molar-refractivity contribution in [2.24, 2.45) is 17.1 Å². The predicted molar refractivity (Wildman–Crippen MR) is 93.3 cm³/mol. The highest BCUT2D eigenvalue weighted by atomic mass is 14.9. The highest BCUT2D eigenvalue weighted by molar-refractivity contribution is 5.19. The van der Waals surface area contributed by atoms with E-state index in [0.717, 1.165) is 13.1 Å². The minimum atomic E-state index is 0.113. The molecule has 0 radical (unpaired) electrons. The summed E-state index contributed by atoms with van der Waals surface area (Å²) < 4.78 is 0. The Bertz CT molecular complexity index is 372. The largest absolute Gasteiger partial charge is 0.324 e. The zero-order valence-corrected chi connectivity index (χ0v) is 14.4. The number of nitrogens with one attached hydrogen (secondary N) is 1. The number of hydrogen-bond acceptors (Lipinski definition) is 2. The van der Waals surface area contributed by atoms with E-state index in [1.54, 1.807) is 0 Å². The van der Waals surface area contributed by atoms with Gasteiger partial charge in [0.2, 0.25) is 0 Å². The Kier molecular flexibility index (Phi) is 7.98. The zero-order valence-electron chi connectivity index (χ0n) is 14.4. The van der Waals surface area contributed by atoms with Crippen molar-refractivity contribution in [3.05, 3.63) is 35.9 Å². The van der Waals surface area contributed by atoms with Crippen molar-refractivity contribution < 1.29 is 0 Å². The topological polar surface area (TPSA) is 38.0 Å². The fourth-order valence-electron chi connectivity index (χ4n) is 2.71. The quantitative estimate of drug-likeness (QED) is 0.622. The number of nitrogens with two attached hydrogens (primary N) is 1. The van der Waals surface area contributed by atoms with Gasteiger partial charge in [0, 0.05) is 12.6 Å². The van der Waals surface area contributed by atoms with Crippen molar-refractivity contribution in [2.45, 2.75) is 59.4 Å². The highest BCUT2D eigenvalue weighted by Crippen LogP contribution is 2.23. The van der Waals surface area contributed by atoms with E-state index in [2.05, 4.69) is 57.3 Å². The molecule has 0 saturated heterocycles. The molecule has 120 valence electrons. The van der Waals surface area contributed by atoms with Crippen LogP contribution in [0.2, 0.25) is 0 Å². The Morgan fingerprint density at radius 3 is 2.43 bits per heavy atom. The summed E-state index contributed by atoms with van der Waals surface area (Å²) in [5.74, 6) is 0.443. The van der Waals surface area contributed by atoms with Crippen LogP contribution >= 0.6 is 0 Å². The molecule has 3 N–H and O–H groups in total. The van der Waals surface area contributed by atoms with Crippen LogP contribution in [-0.4, -0.2) is 13.1 Å². The van der Waals surface area contributed by atoms with Crippen LogP contribution in [0.5, 0.6) is 0 Å². The van der Waals surface area contributed by atoms with E-state index in [-0.39, 0.29) is 6.04 Å². The molecule has 0 bridgehead atoms. The van der Waals surface area contributed by atoms with E-state index in [9.17, 15) is 0 Å². The molecule has 1 rings (SSSR count). The minimum Gasteiger partial charge on any atom is -0.324 e. The van der Waals surface area contributed by atoms with Gasteiger partial charge < -0.3 is 11.1 Å². The third-order valence-corrected chi connectivity index (χ3v) is 4.32. The standard InChI is InChI=1S/C19H34N2/c1-5-6-10-13-19(3,4)15-21-14-16(2)18(20)17-11-8-7-9-12-17/h7-9,11-12,16,18,21H,5-6,10,13-15,20H2,1-4H3. The van der Waals surface area contributed by atoms with Gasteiger partial charge in [-0.1, -0.05) is 77.3 Å². The first-order chi connectivity index (χ1) is 9.96. The molecular weight excluding hydrogens is 256 g/mol. The fourth-order valence-corrected chi connectivity index (χ4v) is 2.71. The number of rotatable bonds is 10. The highest BCUT2D eigenvalue weighted by Gasteiger charge is 2.19. The second-order valence-electron chi connectivity index (χ2n) is 7.17. The third-order valence-electron chi connectivity index (χ3n) is 4.32. The Morgan fingerprint density at radius 2 is 1.81 bits per heavy atom. The SMILES string of the molecule is CCCCCC(C)(C)CNCC(C)C(N)c1ccccc1. The molecule has 0 amide bonds. The molecule has 2 heteroatoms. The van der Waals surface area contributed by atoms with Gasteiger partial charge in [-0.2, -0.15) is 0 Å². The molecule has 0 aliphatic carbocycles. The average Bonchev–Trinajstić information content (AvgIpc) is 2.47. The molecule has 0 spiro atoms. The molecule has 0 aromatic heterocycles. The average molecular weight is 290 g/mol. The van der Waals surface area contributed by atoms with Gasteiger partial charge in [0.1, 0.15) is 0 Å². The summed E-state index contributed by atoms with van der Waals surface area (Å²) in [5, 5.41) is 3.62. The Balaban J connectivity index is 2.31. The van der Waals surface area contributed by atoms with Crippen LogP contribution in [0.25, 0.3) is 0 Å². The van der Waals surface area contributed by atoms with Crippen LogP contribution in [0, 0.1) is 11.3 Å². The molecule has 2 atom stereocenters. The monoisotopic (exact) mass is 290 g/mol. The summed E-state index contributed by atoms with van der Waals surface area (Å²) in [6.07, 6.45) is 5.28. The summed E-state index contributed by atoms with van der Waals surface area (Å²) >= 11 is 0. The summed E-state index contributed by atoms with van der Waals surface area (Å²) in [4.78, 5) is 0. The second kappa shape index (κ2) is 9.22. The van der Waals surface area contributed by atoms with Gasteiger partial charge in [-0.05, 0) is 29.9 Å². The van der Waals surface area contributed by atoms with E-state index < -0.39 is 0 Å². The van der Waals surface area contributed by atoms with E-state index >= 15 is 0 Å². The number of unbranched alkanes of at least 4 members (excludes halogenated alkanes) is 2. The van der Waals surface area contributed by atoms with Crippen LogP contribution < -0.4 is 11.1 Å². The minimum absolute atomic E-state index is 0.113. The van der Waals surface area contributed by atoms with Crippen LogP contribution in [-0.2, 0) is 0 Å². The van der Waals surface area contributed by atoms with Gasteiger partial charge >= 0.3 is 0 Å². The fraction of sp³-hybridized carbons (Fsp3) is 0.684. The molecule has 0 heterocycles. The van der Waals surface area contributed by atoms with E-state index in [0.29, 0.717) is 11.3 Å². The van der Waals surface area contributed by atoms with Gasteiger partial charge in [-0.25, -0.2) is 0 Å². The molecule has 21 heavy (non-hydrogen) atoms. The van der Waals surface area contributed by atoms with E-state index in [1.165, 1.54) is 31.2 Å². The third kappa shape index (κ3) is 7.10. The molecule has 0 fully saturated rings. The molecule has 0 aliphatic rings. The van der Waals surface area contributed by atoms with Crippen LogP contribution in [0.3, 0.4) is 0 Å².